The Hall–Kier alpha value is -1.67. The number of nitrogens with zero attached hydrogens (tertiary/aromatic N) is 1. The molecular weight excluding hydrogens is 220 g/mol. The van der Waals surface area contributed by atoms with Gasteiger partial charge in [0.2, 0.25) is 0 Å². The van der Waals surface area contributed by atoms with Crippen molar-refractivity contribution in [2.45, 2.75) is 25.8 Å². The van der Waals surface area contributed by atoms with Crippen molar-refractivity contribution < 1.29 is 0 Å². The minimum Gasteiger partial charge on any atom is -0.310 e. The number of aromatic nitrogens is 1. The summed E-state index contributed by atoms with van der Waals surface area (Å²) in [5.74, 6) is 0. The first kappa shape index (κ1) is 12.8. The Morgan fingerprint density at radius 3 is 2.61 bits per heavy atom. The molecular formula is C16H20N2. The number of benzene rings is 1. The van der Waals surface area contributed by atoms with Crippen molar-refractivity contribution >= 4 is 0 Å². The van der Waals surface area contributed by atoms with Crippen molar-refractivity contribution in [1.82, 2.24) is 10.3 Å². The number of pyridine rings is 1. The van der Waals surface area contributed by atoms with Gasteiger partial charge in [-0.25, -0.2) is 0 Å². The fourth-order valence-electron chi connectivity index (χ4n) is 2.18. The van der Waals surface area contributed by atoms with Crippen LogP contribution < -0.4 is 5.32 Å². The van der Waals surface area contributed by atoms with E-state index in [4.69, 9.17) is 0 Å². The second-order valence-electron chi connectivity index (χ2n) is 4.42. The molecule has 0 saturated carbocycles. The first-order valence-corrected chi connectivity index (χ1v) is 6.57. The molecule has 1 heterocycles. The molecule has 0 aliphatic rings. The van der Waals surface area contributed by atoms with E-state index in [1.807, 2.05) is 18.5 Å². The van der Waals surface area contributed by atoms with Crippen LogP contribution in [0.4, 0.5) is 0 Å². The van der Waals surface area contributed by atoms with E-state index in [0.717, 1.165) is 19.4 Å². The Labute approximate surface area is 109 Å². The summed E-state index contributed by atoms with van der Waals surface area (Å²) >= 11 is 0. The van der Waals surface area contributed by atoms with Gasteiger partial charge in [0.25, 0.3) is 0 Å². The van der Waals surface area contributed by atoms with Crippen LogP contribution in [0.2, 0.25) is 0 Å². The van der Waals surface area contributed by atoms with Crippen molar-refractivity contribution in [2.75, 3.05) is 6.54 Å². The highest BCUT2D eigenvalue weighted by Gasteiger charge is 2.09. The molecule has 94 valence electrons. The van der Waals surface area contributed by atoms with Crippen LogP contribution >= 0.6 is 0 Å². The zero-order valence-electron chi connectivity index (χ0n) is 10.8. The van der Waals surface area contributed by atoms with E-state index < -0.39 is 0 Å². The summed E-state index contributed by atoms with van der Waals surface area (Å²) in [5, 5.41) is 3.55. The lowest BCUT2D eigenvalue weighted by Gasteiger charge is -2.18. The van der Waals surface area contributed by atoms with Crippen LogP contribution in [0.15, 0.2) is 54.9 Å². The number of aryl methyl sites for hydroxylation is 1. The molecule has 2 nitrogen and oxygen atoms in total. The number of nitrogens with one attached hydrogen (secondary N) is 1. The molecule has 1 N–H and O–H groups in total. The van der Waals surface area contributed by atoms with Gasteiger partial charge in [-0.15, -0.1) is 0 Å². The van der Waals surface area contributed by atoms with Gasteiger partial charge in [0.1, 0.15) is 0 Å². The van der Waals surface area contributed by atoms with Gasteiger partial charge in [0.15, 0.2) is 0 Å². The average molecular weight is 240 g/mol. The summed E-state index contributed by atoms with van der Waals surface area (Å²) in [6, 6.07) is 15.2. The minimum absolute atomic E-state index is 0.427. The molecule has 1 unspecified atom stereocenters. The molecule has 18 heavy (non-hydrogen) atoms. The van der Waals surface area contributed by atoms with E-state index in [1.165, 1.54) is 11.1 Å². The predicted molar refractivity (Wildman–Crippen MR) is 75.4 cm³/mol. The third-order valence-electron chi connectivity index (χ3n) is 3.10. The van der Waals surface area contributed by atoms with Crippen molar-refractivity contribution in [3.8, 4) is 0 Å². The molecule has 0 spiro atoms. The lowest BCUT2D eigenvalue weighted by molar-refractivity contribution is 0.515. The maximum absolute atomic E-state index is 4.16. The van der Waals surface area contributed by atoms with Gasteiger partial charge in [-0.1, -0.05) is 43.3 Å². The lowest BCUT2D eigenvalue weighted by atomic mass is 9.99. The average Bonchev–Trinajstić information content (AvgIpc) is 2.45. The van der Waals surface area contributed by atoms with Gasteiger partial charge in [-0.3, -0.25) is 4.98 Å². The van der Waals surface area contributed by atoms with E-state index in [2.05, 4.69) is 53.6 Å². The number of hydrogen-bond acceptors (Lipinski definition) is 2. The van der Waals surface area contributed by atoms with Crippen LogP contribution in [0, 0.1) is 0 Å². The largest absolute Gasteiger partial charge is 0.310 e. The van der Waals surface area contributed by atoms with E-state index in [1.54, 1.807) is 0 Å². The second kappa shape index (κ2) is 6.92. The standard InChI is InChI=1S/C16H20N2/c1-2-18-16(15-8-4-3-5-9-15)11-10-14-7-6-12-17-13-14/h3-9,12-13,16,18H,2,10-11H2,1H3. The van der Waals surface area contributed by atoms with E-state index in [9.17, 15) is 0 Å². The van der Waals surface area contributed by atoms with E-state index in [0.29, 0.717) is 6.04 Å². The van der Waals surface area contributed by atoms with Crippen molar-refractivity contribution in [3.63, 3.8) is 0 Å². The van der Waals surface area contributed by atoms with Crippen LogP contribution in [0.3, 0.4) is 0 Å². The smallest absolute Gasteiger partial charge is 0.0323 e. The minimum atomic E-state index is 0.427. The van der Waals surface area contributed by atoms with Crippen molar-refractivity contribution in [1.29, 1.82) is 0 Å². The lowest BCUT2D eigenvalue weighted by Crippen LogP contribution is -2.21. The first-order chi connectivity index (χ1) is 8.90. The Morgan fingerprint density at radius 1 is 1.11 bits per heavy atom. The maximum atomic E-state index is 4.16. The zero-order chi connectivity index (χ0) is 12.6. The van der Waals surface area contributed by atoms with Crippen LogP contribution in [0.25, 0.3) is 0 Å². The highest BCUT2D eigenvalue weighted by Crippen LogP contribution is 2.18. The molecule has 2 heteroatoms. The van der Waals surface area contributed by atoms with Gasteiger partial charge in [0.05, 0.1) is 0 Å². The fourth-order valence-corrected chi connectivity index (χ4v) is 2.18. The van der Waals surface area contributed by atoms with Crippen LogP contribution in [0.5, 0.6) is 0 Å². The van der Waals surface area contributed by atoms with Gasteiger partial charge in [-0.2, -0.15) is 0 Å². The summed E-state index contributed by atoms with van der Waals surface area (Å²) in [4.78, 5) is 4.16. The van der Waals surface area contributed by atoms with Crippen molar-refractivity contribution in [3.05, 3.63) is 66.0 Å². The molecule has 1 aromatic carbocycles. The Kier molecular flexibility index (Phi) is 4.91. The van der Waals surface area contributed by atoms with Gasteiger partial charge in [0, 0.05) is 18.4 Å². The molecule has 0 saturated heterocycles. The topological polar surface area (TPSA) is 24.9 Å². The summed E-state index contributed by atoms with van der Waals surface area (Å²) in [5.41, 5.74) is 2.67. The highest BCUT2D eigenvalue weighted by atomic mass is 14.9. The molecule has 0 aliphatic heterocycles. The molecule has 0 fully saturated rings. The van der Waals surface area contributed by atoms with Crippen LogP contribution in [-0.2, 0) is 6.42 Å². The van der Waals surface area contributed by atoms with E-state index >= 15 is 0 Å². The fraction of sp³-hybridized carbons (Fsp3) is 0.312. The quantitative estimate of drug-likeness (QED) is 0.837. The summed E-state index contributed by atoms with van der Waals surface area (Å²) in [7, 11) is 0. The third-order valence-corrected chi connectivity index (χ3v) is 3.10. The Bertz CT molecular complexity index is 439. The molecule has 0 amide bonds. The van der Waals surface area contributed by atoms with Gasteiger partial charge < -0.3 is 5.32 Å². The number of hydrogen-bond donors (Lipinski definition) is 1. The normalized spacial score (nSPS) is 12.3. The van der Waals surface area contributed by atoms with Crippen LogP contribution in [-0.4, -0.2) is 11.5 Å². The summed E-state index contributed by atoms with van der Waals surface area (Å²) in [6.45, 7) is 3.15. The molecule has 0 radical (unpaired) electrons. The molecule has 2 aromatic rings. The Balaban J connectivity index is 1.99. The maximum Gasteiger partial charge on any atom is 0.0323 e. The SMILES string of the molecule is CCNC(CCc1cccnc1)c1ccccc1. The Morgan fingerprint density at radius 2 is 1.94 bits per heavy atom. The van der Waals surface area contributed by atoms with Gasteiger partial charge >= 0.3 is 0 Å². The zero-order valence-corrected chi connectivity index (χ0v) is 10.8. The van der Waals surface area contributed by atoms with E-state index in [-0.39, 0.29) is 0 Å². The van der Waals surface area contributed by atoms with Crippen LogP contribution in [0.1, 0.15) is 30.5 Å². The monoisotopic (exact) mass is 240 g/mol. The first-order valence-electron chi connectivity index (χ1n) is 6.57. The summed E-state index contributed by atoms with van der Waals surface area (Å²) in [6.07, 6.45) is 5.93. The second-order valence-corrected chi connectivity index (χ2v) is 4.42. The third kappa shape index (κ3) is 3.67. The molecule has 0 bridgehead atoms. The highest BCUT2D eigenvalue weighted by molar-refractivity contribution is 5.19. The predicted octanol–water partition coefficient (Wildman–Crippen LogP) is 3.37. The molecule has 0 aliphatic carbocycles. The van der Waals surface area contributed by atoms with Gasteiger partial charge in [-0.05, 0) is 36.6 Å². The molecule has 1 atom stereocenters. The number of rotatable bonds is 6. The van der Waals surface area contributed by atoms with Crippen molar-refractivity contribution in [2.24, 2.45) is 0 Å². The summed E-state index contributed by atoms with van der Waals surface area (Å²) < 4.78 is 0. The molecule has 1 aromatic heterocycles. The molecule has 2 rings (SSSR count).